The van der Waals surface area contributed by atoms with E-state index in [9.17, 15) is 21.6 Å². The van der Waals surface area contributed by atoms with Crippen molar-refractivity contribution in [3.05, 3.63) is 24.2 Å². The summed E-state index contributed by atoms with van der Waals surface area (Å²) in [6.07, 6.45) is -2.89. The van der Waals surface area contributed by atoms with E-state index in [0.29, 0.717) is 6.20 Å². The summed E-state index contributed by atoms with van der Waals surface area (Å²) in [4.78, 5) is 9.79. The molecule has 0 aliphatic heterocycles. The SMILES string of the molecule is Cn1cnc(-c2c(C(F)(F)F)cnc3[nH]c(S(=O)(=O)Cl)cc23)n1. The molecule has 0 saturated carbocycles. The lowest BCUT2D eigenvalue weighted by atomic mass is 10.1. The van der Waals surface area contributed by atoms with Gasteiger partial charge in [-0.05, 0) is 6.07 Å². The van der Waals surface area contributed by atoms with Crippen LogP contribution < -0.4 is 0 Å². The molecule has 0 spiro atoms. The molecule has 3 heterocycles. The maximum atomic E-state index is 13.3. The predicted octanol–water partition coefficient (Wildman–Crippen LogP) is 2.30. The van der Waals surface area contributed by atoms with Crippen molar-refractivity contribution in [1.29, 1.82) is 0 Å². The van der Waals surface area contributed by atoms with E-state index in [1.165, 1.54) is 18.1 Å². The van der Waals surface area contributed by atoms with Gasteiger partial charge < -0.3 is 4.98 Å². The first-order valence-electron chi connectivity index (χ1n) is 5.97. The van der Waals surface area contributed by atoms with Crippen molar-refractivity contribution in [1.82, 2.24) is 24.7 Å². The molecule has 0 unspecified atom stereocenters. The van der Waals surface area contributed by atoms with Crippen molar-refractivity contribution >= 4 is 30.8 Å². The summed E-state index contributed by atoms with van der Waals surface area (Å²) in [5, 5.41) is 3.31. The van der Waals surface area contributed by atoms with Gasteiger partial charge in [0.25, 0.3) is 9.05 Å². The lowest BCUT2D eigenvalue weighted by Gasteiger charge is -2.10. The molecule has 122 valence electrons. The lowest BCUT2D eigenvalue weighted by molar-refractivity contribution is -0.137. The molecule has 7 nitrogen and oxygen atoms in total. The first-order chi connectivity index (χ1) is 10.6. The van der Waals surface area contributed by atoms with Crippen molar-refractivity contribution in [3.63, 3.8) is 0 Å². The smallest absolute Gasteiger partial charge is 0.329 e. The van der Waals surface area contributed by atoms with Crippen LogP contribution in [-0.4, -0.2) is 33.2 Å². The molecule has 0 atom stereocenters. The van der Waals surface area contributed by atoms with Crippen LogP contribution in [0, 0.1) is 0 Å². The van der Waals surface area contributed by atoms with Crippen molar-refractivity contribution in [2.45, 2.75) is 11.2 Å². The van der Waals surface area contributed by atoms with Gasteiger partial charge in [-0.15, -0.1) is 0 Å². The van der Waals surface area contributed by atoms with E-state index in [1.54, 1.807) is 0 Å². The Kier molecular flexibility index (Phi) is 3.37. The normalized spacial score (nSPS) is 12.9. The highest BCUT2D eigenvalue weighted by Gasteiger charge is 2.37. The summed E-state index contributed by atoms with van der Waals surface area (Å²) in [6, 6.07) is 0.978. The Morgan fingerprint density at radius 2 is 2.00 bits per heavy atom. The second-order valence-electron chi connectivity index (χ2n) is 4.62. The molecule has 0 aliphatic carbocycles. The zero-order valence-corrected chi connectivity index (χ0v) is 12.8. The fourth-order valence-electron chi connectivity index (χ4n) is 2.09. The average Bonchev–Trinajstić information content (AvgIpc) is 3.01. The third-order valence-electron chi connectivity index (χ3n) is 3.02. The summed E-state index contributed by atoms with van der Waals surface area (Å²) in [5.74, 6) is -0.204. The number of aromatic amines is 1. The molecule has 1 N–H and O–H groups in total. The third-order valence-corrected chi connectivity index (χ3v) is 4.27. The summed E-state index contributed by atoms with van der Waals surface area (Å²) in [6.45, 7) is 0. The minimum absolute atomic E-state index is 0.0697. The van der Waals surface area contributed by atoms with Crippen molar-refractivity contribution in [2.75, 3.05) is 0 Å². The fourth-order valence-corrected chi connectivity index (χ4v) is 2.82. The molecule has 23 heavy (non-hydrogen) atoms. The van der Waals surface area contributed by atoms with Gasteiger partial charge in [0.05, 0.1) is 5.56 Å². The summed E-state index contributed by atoms with van der Waals surface area (Å²) < 4.78 is 63.8. The van der Waals surface area contributed by atoms with E-state index in [1.807, 2.05) is 0 Å². The van der Waals surface area contributed by atoms with Gasteiger partial charge in [-0.3, -0.25) is 4.68 Å². The fraction of sp³-hybridized carbons (Fsp3) is 0.182. The van der Waals surface area contributed by atoms with E-state index in [-0.39, 0.29) is 22.4 Å². The maximum absolute atomic E-state index is 13.3. The number of fused-ring (bicyclic) bond motifs is 1. The van der Waals surface area contributed by atoms with Crippen LogP contribution in [0.1, 0.15) is 5.56 Å². The molecule has 0 fully saturated rings. The Bertz CT molecular complexity index is 1010. The van der Waals surface area contributed by atoms with Crippen LogP contribution in [-0.2, 0) is 22.3 Å². The van der Waals surface area contributed by atoms with Gasteiger partial charge in [-0.25, -0.2) is 18.4 Å². The summed E-state index contributed by atoms with van der Waals surface area (Å²) >= 11 is 0. The summed E-state index contributed by atoms with van der Waals surface area (Å²) in [5.41, 5.74) is -1.51. The highest BCUT2D eigenvalue weighted by Crippen LogP contribution is 2.39. The van der Waals surface area contributed by atoms with Gasteiger partial charge in [0.2, 0.25) is 0 Å². The van der Waals surface area contributed by atoms with Gasteiger partial charge in [-0.1, -0.05) is 0 Å². The number of H-pyrrole nitrogens is 1. The van der Waals surface area contributed by atoms with Crippen LogP contribution in [0.2, 0.25) is 0 Å². The Labute approximate surface area is 131 Å². The number of hydrogen-bond acceptors (Lipinski definition) is 5. The van der Waals surface area contributed by atoms with E-state index < -0.39 is 25.8 Å². The summed E-state index contributed by atoms with van der Waals surface area (Å²) in [7, 11) is 2.55. The van der Waals surface area contributed by atoms with E-state index in [2.05, 4.69) is 20.1 Å². The zero-order chi connectivity index (χ0) is 17.0. The van der Waals surface area contributed by atoms with Crippen LogP contribution in [0.25, 0.3) is 22.4 Å². The molecule has 0 bridgehead atoms. The number of nitrogens with one attached hydrogen (secondary N) is 1. The molecule has 0 aliphatic rings. The average molecular weight is 366 g/mol. The third kappa shape index (κ3) is 2.77. The Balaban J connectivity index is 2.42. The first-order valence-corrected chi connectivity index (χ1v) is 8.28. The van der Waals surface area contributed by atoms with Crippen molar-refractivity contribution in [2.24, 2.45) is 7.05 Å². The number of pyridine rings is 1. The molecule has 0 saturated heterocycles. The quantitative estimate of drug-likeness (QED) is 0.703. The van der Waals surface area contributed by atoms with Crippen LogP contribution in [0.15, 0.2) is 23.6 Å². The number of rotatable bonds is 2. The molecule has 3 rings (SSSR count). The van der Waals surface area contributed by atoms with Crippen LogP contribution in [0.4, 0.5) is 13.2 Å². The van der Waals surface area contributed by atoms with Gasteiger partial charge in [0.1, 0.15) is 12.0 Å². The molecular formula is C11H7ClF3N5O2S. The predicted molar refractivity (Wildman–Crippen MR) is 74.1 cm³/mol. The molecule has 3 aromatic rings. The number of alkyl halides is 3. The Morgan fingerprint density at radius 1 is 1.30 bits per heavy atom. The second kappa shape index (κ2) is 4.93. The largest absolute Gasteiger partial charge is 0.418 e. The monoisotopic (exact) mass is 365 g/mol. The number of nitrogens with zero attached hydrogens (tertiary/aromatic N) is 4. The van der Waals surface area contributed by atoms with Crippen LogP contribution in [0.3, 0.4) is 0 Å². The molecule has 0 aromatic carbocycles. The Morgan fingerprint density at radius 3 is 2.52 bits per heavy atom. The molecule has 3 aromatic heterocycles. The number of aryl methyl sites for hydroxylation is 1. The van der Waals surface area contributed by atoms with Gasteiger partial charge >= 0.3 is 6.18 Å². The molecular weight excluding hydrogens is 359 g/mol. The van der Waals surface area contributed by atoms with Gasteiger partial charge in [0.15, 0.2) is 10.9 Å². The minimum Gasteiger partial charge on any atom is -0.329 e. The highest BCUT2D eigenvalue weighted by atomic mass is 35.7. The van der Waals surface area contributed by atoms with E-state index in [4.69, 9.17) is 10.7 Å². The van der Waals surface area contributed by atoms with Gasteiger partial charge in [0, 0.05) is 34.9 Å². The number of halogens is 4. The molecule has 0 radical (unpaired) electrons. The zero-order valence-electron chi connectivity index (χ0n) is 11.3. The second-order valence-corrected chi connectivity index (χ2v) is 7.15. The van der Waals surface area contributed by atoms with Crippen LogP contribution in [0.5, 0.6) is 0 Å². The van der Waals surface area contributed by atoms with Gasteiger partial charge in [-0.2, -0.15) is 18.3 Å². The van der Waals surface area contributed by atoms with Crippen LogP contribution >= 0.6 is 10.7 Å². The van der Waals surface area contributed by atoms with Crippen molar-refractivity contribution < 1.29 is 21.6 Å². The maximum Gasteiger partial charge on any atom is 0.418 e. The minimum atomic E-state index is -4.72. The van der Waals surface area contributed by atoms with E-state index >= 15 is 0 Å². The standard InChI is InChI=1S/C11H7ClF3N5O2S/c1-20-4-17-10(19-20)8-5-2-7(23(12,21)22)18-9(5)16-3-6(8)11(13,14)15/h2-4H,1H3,(H,16,18). The highest BCUT2D eigenvalue weighted by molar-refractivity contribution is 8.13. The Hall–Kier alpha value is -2.14. The van der Waals surface area contributed by atoms with E-state index in [0.717, 1.165) is 6.07 Å². The number of hydrogen-bond donors (Lipinski definition) is 1. The first kappa shape index (κ1) is 15.7. The molecule has 0 amide bonds. The number of aromatic nitrogens is 5. The lowest BCUT2D eigenvalue weighted by Crippen LogP contribution is -2.09. The topological polar surface area (TPSA) is 93.5 Å². The molecule has 12 heteroatoms. The van der Waals surface area contributed by atoms with Crippen molar-refractivity contribution in [3.8, 4) is 11.4 Å².